The van der Waals surface area contributed by atoms with Crippen molar-refractivity contribution in [2.45, 2.75) is 32.6 Å². The van der Waals surface area contributed by atoms with Crippen LogP contribution in [0.4, 0.5) is 5.69 Å². The molecule has 0 atom stereocenters. The van der Waals surface area contributed by atoms with E-state index in [9.17, 15) is 13.2 Å². The van der Waals surface area contributed by atoms with Crippen molar-refractivity contribution in [3.05, 3.63) is 23.3 Å². The summed E-state index contributed by atoms with van der Waals surface area (Å²) in [5, 5.41) is 2.65. The van der Waals surface area contributed by atoms with Crippen LogP contribution in [0.3, 0.4) is 0 Å². The fourth-order valence-electron chi connectivity index (χ4n) is 1.75. The Kier molecular flexibility index (Phi) is 5.74. The van der Waals surface area contributed by atoms with Gasteiger partial charge in [0.1, 0.15) is 0 Å². The quantitative estimate of drug-likeness (QED) is 0.680. The highest BCUT2D eigenvalue weighted by molar-refractivity contribution is 7.89. The molecule has 118 valence electrons. The third-order valence-electron chi connectivity index (χ3n) is 3.06. The predicted molar refractivity (Wildman–Crippen MR) is 83.4 cm³/mol. The number of rotatable bonds is 6. The first-order valence-corrected chi connectivity index (χ1v) is 8.25. The zero-order valence-electron chi connectivity index (χ0n) is 12.9. The summed E-state index contributed by atoms with van der Waals surface area (Å²) in [7, 11) is -3.76. The number of nitrogens with two attached hydrogens (primary N) is 1. The van der Waals surface area contributed by atoms with Crippen molar-refractivity contribution in [2.24, 2.45) is 5.92 Å². The third kappa shape index (κ3) is 5.02. The van der Waals surface area contributed by atoms with Gasteiger partial charge in [-0.15, -0.1) is 0 Å². The van der Waals surface area contributed by atoms with Crippen LogP contribution in [-0.4, -0.2) is 27.4 Å². The Morgan fingerprint density at radius 1 is 1.29 bits per heavy atom. The summed E-state index contributed by atoms with van der Waals surface area (Å²) in [6, 6.07) is 3.11. The van der Waals surface area contributed by atoms with Crippen molar-refractivity contribution in [2.75, 3.05) is 18.8 Å². The van der Waals surface area contributed by atoms with Gasteiger partial charge in [0.15, 0.2) is 0 Å². The monoisotopic (exact) mass is 313 g/mol. The maximum Gasteiger partial charge on any atom is 0.241 e. The molecule has 0 spiro atoms. The number of nitrogens with one attached hydrogen (secondary N) is 2. The van der Waals surface area contributed by atoms with E-state index < -0.39 is 10.0 Å². The molecule has 0 aliphatic carbocycles. The molecule has 0 aliphatic heterocycles. The van der Waals surface area contributed by atoms with Crippen LogP contribution in [0, 0.1) is 19.8 Å². The summed E-state index contributed by atoms with van der Waals surface area (Å²) < 4.78 is 26.8. The minimum absolute atomic E-state index is 0.108. The molecule has 21 heavy (non-hydrogen) atoms. The number of aryl methyl sites for hydroxylation is 1. The van der Waals surface area contributed by atoms with Crippen LogP contribution < -0.4 is 15.8 Å². The Bertz CT molecular complexity index is 625. The van der Waals surface area contributed by atoms with Crippen LogP contribution >= 0.6 is 0 Å². The summed E-state index contributed by atoms with van der Waals surface area (Å²) in [5.41, 5.74) is 7.48. The van der Waals surface area contributed by atoms with Crippen molar-refractivity contribution < 1.29 is 13.2 Å². The first-order chi connectivity index (χ1) is 9.63. The molecular formula is C14H23N3O3S. The SMILES string of the molecule is Cc1cc(N)cc(S(=O)(=O)NCC(=O)NCC(C)C)c1C. The molecule has 7 heteroatoms. The number of hydrogen-bond donors (Lipinski definition) is 3. The van der Waals surface area contributed by atoms with E-state index >= 15 is 0 Å². The second kappa shape index (κ2) is 6.91. The van der Waals surface area contributed by atoms with E-state index in [-0.39, 0.29) is 17.3 Å². The highest BCUT2D eigenvalue weighted by Gasteiger charge is 2.19. The van der Waals surface area contributed by atoms with Gasteiger partial charge in [0, 0.05) is 12.2 Å². The van der Waals surface area contributed by atoms with Crippen LogP contribution in [0.1, 0.15) is 25.0 Å². The number of sulfonamides is 1. The van der Waals surface area contributed by atoms with E-state index in [1.165, 1.54) is 6.07 Å². The van der Waals surface area contributed by atoms with Gasteiger partial charge in [0.25, 0.3) is 0 Å². The van der Waals surface area contributed by atoms with Crippen molar-refractivity contribution in [3.63, 3.8) is 0 Å². The van der Waals surface area contributed by atoms with Gasteiger partial charge >= 0.3 is 0 Å². The van der Waals surface area contributed by atoms with Gasteiger partial charge in [-0.3, -0.25) is 4.79 Å². The molecule has 4 N–H and O–H groups in total. The highest BCUT2D eigenvalue weighted by Crippen LogP contribution is 2.21. The van der Waals surface area contributed by atoms with Gasteiger partial charge < -0.3 is 11.1 Å². The summed E-state index contributed by atoms with van der Waals surface area (Å²) in [4.78, 5) is 11.7. The number of hydrogen-bond acceptors (Lipinski definition) is 4. The summed E-state index contributed by atoms with van der Waals surface area (Å²) in [6.07, 6.45) is 0. The first kappa shape index (κ1) is 17.5. The third-order valence-corrected chi connectivity index (χ3v) is 4.59. The van der Waals surface area contributed by atoms with Crippen LogP contribution in [-0.2, 0) is 14.8 Å². The van der Waals surface area contributed by atoms with Gasteiger partial charge in [-0.2, -0.15) is 0 Å². The Balaban J connectivity index is 2.81. The van der Waals surface area contributed by atoms with Crippen molar-refractivity contribution in [1.29, 1.82) is 0 Å². The molecule has 0 bridgehead atoms. The lowest BCUT2D eigenvalue weighted by molar-refractivity contribution is -0.120. The normalized spacial score (nSPS) is 11.7. The summed E-state index contributed by atoms with van der Waals surface area (Å²) >= 11 is 0. The average Bonchev–Trinajstić information content (AvgIpc) is 2.38. The molecular weight excluding hydrogens is 290 g/mol. The molecule has 0 radical (unpaired) electrons. The molecule has 1 rings (SSSR count). The number of anilines is 1. The minimum atomic E-state index is -3.76. The first-order valence-electron chi connectivity index (χ1n) is 6.76. The van der Waals surface area contributed by atoms with Crippen molar-refractivity contribution in [1.82, 2.24) is 10.0 Å². The maximum atomic E-state index is 12.3. The molecule has 0 unspecified atom stereocenters. The zero-order chi connectivity index (χ0) is 16.2. The van der Waals surface area contributed by atoms with Crippen LogP contribution in [0.2, 0.25) is 0 Å². The minimum Gasteiger partial charge on any atom is -0.399 e. The Morgan fingerprint density at radius 3 is 2.48 bits per heavy atom. The second-order valence-electron chi connectivity index (χ2n) is 5.48. The molecule has 1 amide bonds. The second-order valence-corrected chi connectivity index (χ2v) is 7.22. The molecule has 0 heterocycles. The molecule has 0 saturated heterocycles. The van der Waals surface area contributed by atoms with E-state index in [0.717, 1.165) is 5.56 Å². The van der Waals surface area contributed by atoms with Gasteiger partial charge in [-0.25, -0.2) is 13.1 Å². The molecule has 0 saturated carbocycles. The Labute approximate surface area is 126 Å². The molecule has 0 aromatic heterocycles. The molecule has 0 aliphatic rings. The average molecular weight is 313 g/mol. The van der Waals surface area contributed by atoms with E-state index in [0.29, 0.717) is 23.7 Å². The molecule has 0 fully saturated rings. The number of carbonyl (C=O) groups is 1. The largest absolute Gasteiger partial charge is 0.399 e. The molecule has 1 aromatic carbocycles. The number of benzene rings is 1. The lowest BCUT2D eigenvalue weighted by atomic mass is 10.1. The lowest BCUT2D eigenvalue weighted by Gasteiger charge is -2.13. The maximum absolute atomic E-state index is 12.3. The molecule has 1 aromatic rings. The standard InChI is InChI=1S/C14H23N3O3S/c1-9(2)7-16-14(18)8-17-21(19,20)13-6-12(15)5-10(3)11(13)4/h5-6,9,17H,7-8,15H2,1-4H3,(H,16,18). The van der Waals surface area contributed by atoms with Crippen LogP contribution in [0.5, 0.6) is 0 Å². The van der Waals surface area contributed by atoms with Crippen molar-refractivity contribution >= 4 is 21.6 Å². The zero-order valence-corrected chi connectivity index (χ0v) is 13.7. The topological polar surface area (TPSA) is 101 Å². The van der Waals surface area contributed by atoms with E-state index in [1.807, 2.05) is 13.8 Å². The smallest absolute Gasteiger partial charge is 0.241 e. The van der Waals surface area contributed by atoms with E-state index in [2.05, 4.69) is 10.0 Å². The van der Waals surface area contributed by atoms with Gasteiger partial charge in [0.05, 0.1) is 11.4 Å². The Hall–Kier alpha value is -1.60. The lowest BCUT2D eigenvalue weighted by Crippen LogP contribution is -2.38. The fourth-order valence-corrected chi connectivity index (χ4v) is 3.08. The van der Waals surface area contributed by atoms with E-state index in [1.54, 1.807) is 19.9 Å². The molecule has 6 nitrogen and oxygen atoms in total. The Morgan fingerprint density at radius 2 is 1.90 bits per heavy atom. The summed E-state index contributed by atoms with van der Waals surface area (Å²) in [5.74, 6) is -0.0464. The number of nitrogen functional groups attached to an aromatic ring is 1. The van der Waals surface area contributed by atoms with Gasteiger partial charge in [0.2, 0.25) is 15.9 Å². The highest BCUT2D eigenvalue weighted by atomic mass is 32.2. The van der Waals surface area contributed by atoms with Gasteiger partial charge in [-0.1, -0.05) is 13.8 Å². The fraction of sp³-hybridized carbons (Fsp3) is 0.500. The predicted octanol–water partition coefficient (Wildman–Crippen LogP) is 0.936. The number of carbonyl (C=O) groups excluding carboxylic acids is 1. The van der Waals surface area contributed by atoms with Gasteiger partial charge in [-0.05, 0) is 43.0 Å². The van der Waals surface area contributed by atoms with Crippen LogP contribution in [0.25, 0.3) is 0 Å². The summed E-state index contributed by atoms with van der Waals surface area (Å²) in [6.45, 7) is 7.65. The van der Waals surface area contributed by atoms with E-state index in [4.69, 9.17) is 5.73 Å². The number of amides is 1. The van der Waals surface area contributed by atoms with Crippen molar-refractivity contribution in [3.8, 4) is 0 Å². The van der Waals surface area contributed by atoms with Crippen LogP contribution in [0.15, 0.2) is 17.0 Å².